The quantitative estimate of drug-likeness (QED) is 0.189. The topological polar surface area (TPSA) is 163 Å². The zero-order chi connectivity index (χ0) is 50.8. The van der Waals surface area contributed by atoms with Crippen LogP contribution in [0.15, 0.2) is 60.7 Å². The molecular formula is C57H76N8O6. The molecule has 4 N–H and O–H groups in total. The second kappa shape index (κ2) is 18.9. The van der Waals surface area contributed by atoms with Gasteiger partial charge in [-0.1, -0.05) is 77.9 Å². The van der Waals surface area contributed by atoms with Crippen molar-refractivity contribution in [3.8, 4) is 0 Å². The van der Waals surface area contributed by atoms with Crippen LogP contribution in [0.25, 0.3) is 0 Å². The smallest absolute Gasteiger partial charge is 0.249 e. The molecular weight excluding hydrogens is 893 g/mol. The molecule has 10 aliphatic rings. The number of carbonyl (C=O) groups is 6. The Kier molecular flexibility index (Phi) is 13.4. The molecule has 4 bridgehead atoms. The minimum Gasteiger partial charge on any atom is -0.374 e. The van der Waals surface area contributed by atoms with Crippen LogP contribution in [-0.4, -0.2) is 99.0 Å². The lowest BCUT2D eigenvalue weighted by Gasteiger charge is -2.54. The van der Waals surface area contributed by atoms with Crippen LogP contribution in [0.3, 0.4) is 0 Å². The highest BCUT2D eigenvalue weighted by Gasteiger charge is 2.62. The second-order valence-corrected chi connectivity index (χ2v) is 25.1. The Morgan fingerprint density at radius 3 is 1.70 bits per heavy atom. The number of fused-ring (bicyclic) bond motifs is 6. The van der Waals surface area contributed by atoms with E-state index in [2.05, 4.69) is 152 Å². The van der Waals surface area contributed by atoms with E-state index in [9.17, 15) is 28.8 Å². The van der Waals surface area contributed by atoms with Crippen LogP contribution in [0.2, 0.25) is 0 Å². The van der Waals surface area contributed by atoms with Gasteiger partial charge in [-0.05, 0) is 134 Å². The van der Waals surface area contributed by atoms with Gasteiger partial charge >= 0.3 is 0 Å². The molecule has 2 aliphatic carbocycles. The van der Waals surface area contributed by atoms with Crippen molar-refractivity contribution < 1.29 is 28.8 Å². The molecule has 8 aliphatic heterocycles. The molecule has 0 aromatic heterocycles. The maximum atomic E-state index is 12.4. The first kappa shape index (κ1) is 50.5. The van der Waals surface area contributed by atoms with Crippen molar-refractivity contribution in [2.24, 2.45) is 22.7 Å². The number of hydrogen-bond donors (Lipinski definition) is 4. The number of rotatable bonds is 7. The predicted molar refractivity (Wildman–Crippen MR) is 275 cm³/mol. The molecule has 13 rings (SSSR count). The number of nitrogens with one attached hydrogen (secondary N) is 4. The van der Waals surface area contributed by atoms with Crippen LogP contribution < -0.4 is 26.2 Å². The third-order valence-electron chi connectivity index (χ3n) is 16.2. The number of benzene rings is 3. The van der Waals surface area contributed by atoms with Gasteiger partial charge in [0, 0.05) is 87.5 Å². The van der Waals surface area contributed by atoms with Gasteiger partial charge in [-0.25, -0.2) is 0 Å². The normalized spacial score (nSPS) is 27.4. The van der Waals surface area contributed by atoms with E-state index in [1.165, 1.54) is 39.1 Å². The van der Waals surface area contributed by atoms with E-state index in [-0.39, 0.29) is 69.7 Å². The molecule has 14 heteroatoms. The lowest BCUT2D eigenvalue weighted by molar-refractivity contribution is -0.165. The van der Waals surface area contributed by atoms with Crippen LogP contribution in [0.4, 0.5) is 11.4 Å². The van der Waals surface area contributed by atoms with Gasteiger partial charge in [0.15, 0.2) is 0 Å². The van der Waals surface area contributed by atoms with Crippen molar-refractivity contribution in [3.63, 3.8) is 0 Å². The van der Waals surface area contributed by atoms with Crippen molar-refractivity contribution in [1.29, 1.82) is 0 Å². The molecule has 3 aromatic carbocycles. The molecule has 6 saturated heterocycles. The van der Waals surface area contributed by atoms with Crippen molar-refractivity contribution >= 4 is 46.8 Å². The third-order valence-corrected chi connectivity index (χ3v) is 16.2. The third kappa shape index (κ3) is 10.6. The standard InChI is InChI=1S/C19H28N4O2.2C19H24N2O2/c1-19(2,3)23-12-10-22(11-13-23)15-6-4-14(5-7-15)20-16-8-9-17(24)21-18(16)25;1-18(2,3)7-12-4-5-13-10-21(11-14(13)6-12)19-8-15(9-19)16(22)20-17(19)23;1-18(2,3)7-12-5-4-6-13-10-21(11-15(12)13)19-8-14(9-19)16(22)20-17(19)23/h4-7,16,20H,8-13H2,1-3H3,(H,21,24,25);4-6,15H,7-11H2,1-3H3,(H,20,22,23);4-6,14H,7-11H2,1-3H3,(H,20,22,23). The molecule has 8 heterocycles. The Balaban J connectivity index is 0.000000132. The Morgan fingerprint density at radius 2 is 1.15 bits per heavy atom. The first-order valence-electron chi connectivity index (χ1n) is 26.0. The number of piperidine rings is 5. The summed E-state index contributed by atoms with van der Waals surface area (Å²) in [5.41, 5.74) is 10.1. The highest BCUT2D eigenvalue weighted by atomic mass is 16.2. The average Bonchev–Trinajstić information content (AvgIpc) is 3.89. The number of hydrogen-bond acceptors (Lipinski definition) is 11. The van der Waals surface area contributed by atoms with E-state index < -0.39 is 11.1 Å². The summed E-state index contributed by atoms with van der Waals surface area (Å²) in [5.74, 6) is -0.698. The number of piperazine rings is 1. The van der Waals surface area contributed by atoms with E-state index in [4.69, 9.17) is 0 Å². The fourth-order valence-electron chi connectivity index (χ4n) is 12.2. The predicted octanol–water partition coefficient (Wildman–Crippen LogP) is 6.62. The van der Waals surface area contributed by atoms with Gasteiger partial charge in [0.1, 0.15) is 17.1 Å². The summed E-state index contributed by atoms with van der Waals surface area (Å²) in [7, 11) is 0. The SMILES string of the molecule is CC(C)(C)Cc1ccc2c(c1)CN(C13CC(C1)C(=O)NC3=O)C2.CC(C)(C)Cc1cccc2c1CN(C13CC(C1)C(=O)NC3=O)C2.CC(C)(C)N1CCN(c2ccc(NC3CCC(=O)NC3=O)cc2)CC1. The average molecular weight is 969 g/mol. The molecule has 14 nitrogen and oxygen atoms in total. The molecule has 0 radical (unpaired) electrons. The van der Waals surface area contributed by atoms with Gasteiger partial charge in [0.25, 0.3) is 0 Å². The summed E-state index contributed by atoms with van der Waals surface area (Å²) in [5, 5.41) is 10.7. The zero-order valence-corrected chi connectivity index (χ0v) is 43.6. The summed E-state index contributed by atoms with van der Waals surface area (Å²) in [6.07, 6.45) is 5.81. The van der Waals surface area contributed by atoms with E-state index in [1.54, 1.807) is 0 Å². The molecule has 380 valence electrons. The van der Waals surface area contributed by atoms with Crippen molar-refractivity contribution in [2.45, 2.75) is 163 Å². The van der Waals surface area contributed by atoms with Gasteiger partial charge < -0.3 is 10.2 Å². The minimum atomic E-state index is -0.448. The lowest BCUT2D eigenvalue weighted by Crippen LogP contribution is -2.72. The maximum Gasteiger partial charge on any atom is 0.249 e. The van der Waals surface area contributed by atoms with Gasteiger partial charge in [-0.2, -0.15) is 0 Å². The summed E-state index contributed by atoms with van der Waals surface area (Å²) in [6.45, 7) is 27.8. The van der Waals surface area contributed by atoms with Gasteiger partial charge in [-0.15, -0.1) is 0 Å². The molecule has 2 saturated carbocycles. The van der Waals surface area contributed by atoms with E-state index in [1.807, 2.05) is 12.1 Å². The highest BCUT2D eigenvalue weighted by molar-refractivity contribution is 6.08. The monoisotopic (exact) mass is 969 g/mol. The van der Waals surface area contributed by atoms with E-state index >= 15 is 0 Å². The second-order valence-electron chi connectivity index (χ2n) is 25.1. The fourth-order valence-corrected chi connectivity index (χ4v) is 12.2. The number of nitrogens with zero attached hydrogens (tertiary/aromatic N) is 4. The zero-order valence-electron chi connectivity index (χ0n) is 43.6. The summed E-state index contributed by atoms with van der Waals surface area (Å²) < 4.78 is 0. The van der Waals surface area contributed by atoms with Crippen LogP contribution in [0.5, 0.6) is 0 Å². The van der Waals surface area contributed by atoms with Crippen LogP contribution in [0, 0.1) is 22.7 Å². The Labute approximate surface area is 420 Å². The van der Waals surface area contributed by atoms with Crippen LogP contribution in [-0.2, 0) is 67.8 Å². The van der Waals surface area contributed by atoms with Crippen molar-refractivity contribution in [3.05, 3.63) is 94.0 Å². The van der Waals surface area contributed by atoms with E-state index in [0.717, 1.165) is 70.9 Å². The highest BCUT2D eigenvalue weighted by Crippen LogP contribution is 2.50. The van der Waals surface area contributed by atoms with Crippen LogP contribution in [0.1, 0.15) is 134 Å². The van der Waals surface area contributed by atoms with Crippen molar-refractivity contribution in [1.82, 2.24) is 30.7 Å². The molecule has 8 fully saturated rings. The number of anilines is 2. The first-order valence-corrected chi connectivity index (χ1v) is 26.0. The molecule has 1 unspecified atom stereocenters. The number of carbonyl (C=O) groups excluding carboxylic acids is 6. The lowest BCUT2D eigenvalue weighted by atomic mass is 9.63. The largest absolute Gasteiger partial charge is 0.374 e. The van der Waals surface area contributed by atoms with Gasteiger partial charge in [0.05, 0.1) is 0 Å². The number of imide groups is 3. The maximum absolute atomic E-state index is 12.4. The fraction of sp³-hybridized carbons (Fsp3) is 0.579. The molecule has 71 heavy (non-hydrogen) atoms. The van der Waals surface area contributed by atoms with Crippen LogP contribution >= 0.6 is 0 Å². The van der Waals surface area contributed by atoms with Crippen molar-refractivity contribution in [2.75, 3.05) is 36.4 Å². The minimum absolute atomic E-state index is 0.0328. The summed E-state index contributed by atoms with van der Waals surface area (Å²) in [4.78, 5) is 80.7. The Hall–Kier alpha value is -5.44. The first-order chi connectivity index (χ1) is 33.4. The van der Waals surface area contributed by atoms with Gasteiger partial charge in [-0.3, -0.25) is 59.4 Å². The Bertz CT molecular complexity index is 2580. The molecule has 0 spiro atoms. The summed E-state index contributed by atoms with van der Waals surface area (Å²) >= 11 is 0. The molecule has 1 atom stereocenters. The molecule has 6 amide bonds. The number of amides is 6. The van der Waals surface area contributed by atoms with E-state index in [0.29, 0.717) is 38.5 Å². The summed E-state index contributed by atoms with van der Waals surface area (Å²) in [6, 6.07) is 21.2. The van der Waals surface area contributed by atoms with Gasteiger partial charge in [0.2, 0.25) is 35.4 Å². The Morgan fingerprint density at radius 1 is 0.592 bits per heavy atom. The molecule has 3 aromatic rings.